The first kappa shape index (κ1) is 18.7. The molecule has 142 valence electrons. The average Bonchev–Trinajstić information content (AvgIpc) is 2.90. The Hall–Kier alpha value is -2.04. The van der Waals surface area contributed by atoms with E-state index in [-0.39, 0.29) is 17.7 Å². The van der Waals surface area contributed by atoms with Crippen molar-refractivity contribution in [2.45, 2.75) is 70.8 Å². The lowest BCUT2D eigenvalue weighted by Crippen LogP contribution is -2.42. The largest absolute Gasteiger partial charge is 0.492 e. The van der Waals surface area contributed by atoms with E-state index in [0.717, 1.165) is 36.3 Å². The van der Waals surface area contributed by atoms with E-state index in [1.165, 1.54) is 25.7 Å². The van der Waals surface area contributed by atoms with Crippen molar-refractivity contribution >= 4 is 17.5 Å². The molecule has 0 spiro atoms. The number of amides is 2. The number of hydrogen-bond acceptors (Lipinski definition) is 3. The first-order valence-electron chi connectivity index (χ1n) is 10.0. The van der Waals surface area contributed by atoms with Gasteiger partial charge in [-0.3, -0.25) is 9.59 Å². The van der Waals surface area contributed by atoms with Crippen molar-refractivity contribution in [3.63, 3.8) is 0 Å². The molecule has 1 aliphatic heterocycles. The van der Waals surface area contributed by atoms with Gasteiger partial charge < -0.3 is 15.4 Å². The standard InChI is InChI=1S/C21H30N2O3/c1-2-7-20(24)22-18-10-11-19-15(13-18)12-16(14-26-19)21(25)23-17-8-5-3-4-6-9-17/h10-11,13,16-17H,2-9,12,14H2,1H3,(H,22,24)(H,23,25)/t16-/m0/s1. The highest BCUT2D eigenvalue weighted by Crippen LogP contribution is 2.30. The number of carbonyl (C=O) groups is 2. The predicted molar refractivity (Wildman–Crippen MR) is 102 cm³/mol. The summed E-state index contributed by atoms with van der Waals surface area (Å²) in [5, 5.41) is 6.15. The fourth-order valence-electron chi connectivity index (χ4n) is 3.83. The summed E-state index contributed by atoms with van der Waals surface area (Å²) < 4.78 is 5.81. The molecule has 2 amide bonds. The number of hydrogen-bond donors (Lipinski definition) is 2. The molecule has 1 fully saturated rings. The third-order valence-electron chi connectivity index (χ3n) is 5.30. The molecule has 5 nitrogen and oxygen atoms in total. The highest BCUT2D eigenvalue weighted by atomic mass is 16.5. The molecule has 3 rings (SSSR count). The molecule has 2 aliphatic rings. The van der Waals surface area contributed by atoms with E-state index in [9.17, 15) is 9.59 Å². The molecule has 1 aromatic rings. The fraction of sp³-hybridized carbons (Fsp3) is 0.619. The molecule has 0 bridgehead atoms. The maximum Gasteiger partial charge on any atom is 0.227 e. The van der Waals surface area contributed by atoms with Gasteiger partial charge >= 0.3 is 0 Å². The van der Waals surface area contributed by atoms with Gasteiger partial charge in [-0.25, -0.2) is 0 Å². The molecule has 1 aliphatic carbocycles. The second-order valence-corrected chi connectivity index (χ2v) is 7.53. The summed E-state index contributed by atoms with van der Waals surface area (Å²) in [6.45, 7) is 2.41. The Labute approximate surface area is 155 Å². The Morgan fingerprint density at radius 1 is 1.15 bits per heavy atom. The molecule has 1 heterocycles. The highest BCUT2D eigenvalue weighted by molar-refractivity contribution is 5.91. The summed E-state index contributed by atoms with van der Waals surface area (Å²) in [6, 6.07) is 5.99. The van der Waals surface area contributed by atoms with E-state index in [1.54, 1.807) is 0 Å². The average molecular weight is 358 g/mol. The van der Waals surface area contributed by atoms with Crippen LogP contribution in [0.3, 0.4) is 0 Å². The van der Waals surface area contributed by atoms with Gasteiger partial charge in [0.2, 0.25) is 11.8 Å². The molecule has 1 saturated carbocycles. The maximum atomic E-state index is 12.7. The van der Waals surface area contributed by atoms with Gasteiger partial charge in [0.25, 0.3) is 0 Å². The lowest BCUT2D eigenvalue weighted by atomic mass is 9.95. The Balaban J connectivity index is 1.60. The van der Waals surface area contributed by atoms with Crippen molar-refractivity contribution in [3.8, 4) is 5.75 Å². The van der Waals surface area contributed by atoms with Crippen LogP contribution in [0.4, 0.5) is 5.69 Å². The van der Waals surface area contributed by atoms with E-state index in [0.29, 0.717) is 25.5 Å². The molecule has 1 aromatic carbocycles. The van der Waals surface area contributed by atoms with Gasteiger partial charge in [-0.2, -0.15) is 0 Å². The first-order chi connectivity index (χ1) is 12.7. The molecular weight excluding hydrogens is 328 g/mol. The van der Waals surface area contributed by atoms with Crippen molar-refractivity contribution in [1.82, 2.24) is 5.32 Å². The normalized spacial score (nSPS) is 20.4. The van der Waals surface area contributed by atoms with E-state index < -0.39 is 0 Å². The van der Waals surface area contributed by atoms with Gasteiger partial charge in [-0.05, 0) is 49.4 Å². The summed E-state index contributed by atoms with van der Waals surface area (Å²) in [5.41, 5.74) is 1.77. The number of anilines is 1. The number of carbonyl (C=O) groups excluding carboxylic acids is 2. The van der Waals surface area contributed by atoms with Gasteiger partial charge in [0, 0.05) is 18.2 Å². The summed E-state index contributed by atoms with van der Waals surface area (Å²) in [4.78, 5) is 24.5. The Morgan fingerprint density at radius 2 is 1.92 bits per heavy atom. The van der Waals surface area contributed by atoms with Crippen LogP contribution in [0.15, 0.2) is 18.2 Å². The number of benzene rings is 1. The van der Waals surface area contributed by atoms with Gasteiger partial charge in [0.15, 0.2) is 0 Å². The summed E-state index contributed by atoms with van der Waals surface area (Å²) in [6.07, 6.45) is 9.13. The van der Waals surface area contributed by atoms with Gasteiger partial charge in [0.05, 0.1) is 5.92 Å². The van der Waals surface area contributed by atoms with E-state index >= 15 is 0 Å². The molecule has 26 heavy (non-hydrogen) atoms. The Bertz CT molecular complexity index is 636. The zero-order chi connectivity index (χ0) is 18.4. The Kier molecular flexibility index (Phi) is 6.53. The lowest BCUT2D eigenvalue weighted by Gasteiger charge is -2.27. The van der Waals surface area contributed by atoms with Gasteiger partial charge in [0.1, 0.15) is 12.4 Å². The minimum Gasteiger partial charge on any atom is -0.492 e. The number of ether oxygens (including phenoxy) is 1. The summed E-state index contributed by atoms with van der Waals surface area (Å²) >= 11 is 0. The van der Waals surface area contributed by atoms with E-state index in [2.05, 4.69) is 10.6 Å². The van der Waals surface area contributed by atoms with Crippen LogP contribution in [0.5, 0.6) is 5.75 Å². The van der Waals surface area contributed by atoms with Gasteiger partial charge in [-0.15, -0.1) is 0 Å². The topological polar surface area (TPSA) is 67.4 Å². The molecule has 2 N–H and O–H groups in total. The summed E-state index contributed by atoms with van der Waals surface area (Å²) in [5.74, 6) is 0.777. The van der Waals surface area contributed by atoms with Crippen molar-refractivity contribution < 1.29 is 14.3 Å². The number of fused-ring (bicyclic) bond motifs is 1. The van der Waals surface area contributed by atoms with Crippen LogP contribution in [0.2, 0.25) is 0 Å². The monoisotopic (exact) mass is 358 g/mol. The second kappa shape index (κ2) is 9.06. The van der Waals surface area contributed by atoms with Crippen LogP contribution >= 0.6 is 0 Å². The minimum absolute atomic E-state index is 0.0202. The molecule has 0 unspecified atom stereocenters. The molecule has 5 heteroatoms. The van der Waals surface area contributed by atoms with E-state index in [4.69, 9.17) is 4.74 Å². The van der Waals surface area contributed by atoms with Crippen LogP contribution < -0.4 is 15.4 Å². The maximum absolute atomic E-state index is 12.7. The third-order valence-corrected chi connectivity index (χ3v) is 5.30. The van der Waals surface area contributed by atoms with Crippen LogP contribution in [0, 0.1) is 5.92 Å². The van der Waals surface area contributed by atoms with Crippen molar-refractivity contribution in [3.05, 3.63) is 23.8 Å². The fourth-order valence-corrected chi connectivity index (χ4v) is 3.83. The van der Waals surface area contributed by atoms with Crippen LogP contribution in [0.1, 0.15) is 63.9 Å². The lowest BCUT2D eigenvalue weighted by molar-refractivity contribution is -0.127. The SMILES string of the molecule is CCCC(=O)Nc1ccc2c(c1)C[C@H](C(=O)NC1CCCCCC1)CO2. The minimum atomic E-state index is -0.160. The Morgan fingerprint density at radius 3 is 2.65 bits per heavy atom. The third kappa shape index (κ3) is 4.99. The molecular formula is C21H30N2O3. The molecule has 0 saturated heterocycles. The second-order valence-electron chi connectivity index (χ2n) is 7.53. The van der Waals surface area contributed by atoms with Crippen LogP contribution in [0.25, 0.3) is 0 Å². The van der Waals surface area contributed by atoms with Crippen LogP contribution in [-0.2, 0) is 16.0 Å². The number of nitrogens with one attached hydrogen (secondary N) is 2. The van der Waals surface area contributed by atoms with Crippen LogP contribution in [-0.4, -0.2) is 24.5 Å². The van der Waals surface area contributed by atoms with E-state index in [1.807, 2.05) is 25.1 Å². The molecule has 0 aromatic heterocycles. The molecule has 1 atom stereocenters. The van der Waals surface area contributed by atoms with Crippen molar-refractivity contribution in [1.29, 1.82) is 0 Å². The zero-order valence-electron chi connectivity index (χ0n) is 15.7. The molecule has 0 radical (unpaired) electrons. The smallest absolute Gasteiger partial charge is 0.227 e. The zero-order valence-corrected chi connectivity index (χ0v) is 15.7. The quantitative estimate of drug-likeness (QED) is 0.787. The van der Waals surface area contributed by atoms with Crippen molar-refractivity contribution in [2.75, 3.05) is 11.9 Å². The summed E-state index contributed by atoms with van der Waals surface area (Å²) in [7, 11) is 0. The van der Waals surface area contributed by atoms with Gasteiger partial charge in [-0.1, -0.05) is 32.6 Å². The first-order valence-corrected chi connectivity index (χ1v) is 10.0. The highest BCUT2D eigenvalue weighted by Gasteiger charge is 2.28. The predicted octanol–water partition coefficient (Wildman–Crippen LogP) is 3.82. The van der Waals surface area contributed by atoms with Crippen molar-refractivity contribution in [2.24, 2.45) is 5.92 Å². The number of rotatable bonds is 5.